The van der Waals surface area contributed by atoms with Gasteiger partial charge in [-0.3, -0.25) is 4.98 Å². The van der Waals surface area contributed by atoms with Crippen LogP contribution in [0.15, 0.2) is 42.6 Å². The zero-order chi connectivity index (χ0) is 13.7. The van der Waals surface area contributed by atoms with E-state index in [0.29, 0.717) is 11.3 Å². The lowest BCUT2D eigenvalue weighted by molar-refractivity contribution is 1.21. The fourth-order valence-electron chi connectivity index (χ4n) is 1.68. The number of pyridine rings is 1. The lowest BCUT2D eigenvalue weighted by Crippen LogP contribution is -2.07. The van der Waals surface area contributed by atoms with Crippen LogP contribution >= 0.6 is 0 Å². The molecule has 1 aromatic heterocycles. The number of hydrogen-bond donors (Lipinski definition) is 0. The van der Waals surface area contributed by atoms with Gasteiger partial charge in [-0.2, -0.15) is 5.26 Å². The molecule has 1 aromatic carbocycles. The van der Waals surface area contributed by atoms with Crippen LogP contribution in [0.3, 0.4) is 0 Å². The lowest BCUT2D eigenvalue weighted by atomic mass is 10.1. The monoisotopic (exact) mass is 250 g/mol. The van der Waals surface area contributed by atoms with Crippen LogP contribution in [0.2, 0.25) is 0 Å². The minimum absolute atomic E-state index is 0.464. The molecule has 4 heteroatoms. The highest BCUT2D eigenvalue weighted by Gasteiger charge is 2.01. The fourth-order valence-corrected chi connectivity index (χ4v) is 1.68. The molecule has 0 saturated heterocycles. The molecule has 0 saturated carbocycles. The van der Waals surface area contributed by atoms with Gasteiger partial charge >= 0.3 is 0 Å². The Kier molecular flexibility index (Phi) is 3.91. The highest BCUT2D eigenvalue weighted by molar-refractivity contribution is 5.77. The highest BCUT2D eigenvalue weighted by Crippen LogP contribution is 2.22. The number of nitrogens with zero attached hydrogens (tertiary/aromatic N) is 3. The van der Waals surface area contributed by atoms with Gasteiger partial charge < -0.3 is 10.3 Å². The predicted octanol–water partition coefficient (Wildman–Crippen LogP) is 3.06. The molecule has 0 aliphatic carbocycles. The van der Waals surface area contributed by atoms with E-state index in [4.69, 9.17) is 5.26 Å². The number of rotatable bonds is 3. The third-order valence-corrected chi connectivity index (χ3v) is 2.62. The van der Waals surface area contributed by atoms with Crippen LogP contribution in [0.25, 0.3) is 12.2 Å². The van der Waals surface area contributed by atoms with Crippen molar-refractivity contribution in [1.29, 1.82) is 5.26 Å². The van der Waals surface area contributed by atoms with Crippen LogP contribution in [0, 0.1) is 16.5 Å². The Morgan fingerprint density at radius 2 is 2.11 bits per heavy atom. The zero-order valence-corrected chi connectivity index (χ0v) is 10.4. The minimum Gasteiger partial charge on any atom is -0.758 e. The van der Waals surface area contributed by atoms with Gasteiger partial charge in [-0.25, -0.2) is 0 Å². The first kappa shape index (κ1) is 12.8. The van der Waals surface area contributed by atoms with Gasteiger partial charge in [0.2, 0.25) is 0 Å². The van der Waals surface area contributed by atoms with Gasteiger partial charge in [-0.05, 0) is 43.0 Å². The van der Waals surface area contributed by atoms with Crippen molar-refractivity contribution in [2.45, 2.75) is 0 Å². The summed E-state index contributed by atoms with van der Waals surface area (Å²) < 4.78 is 0. The molecule has 94 valence electrons. The van der Waals surface area contributed by atoms with Crippen LogP contribution in [-0.4, -0.2) is 12.0 Å². The molecule has 0 unspecified atom stereocenters. The molecule has 0 radical (unpaired) electrons. The average molecular weight is 250 g/mol. The van der Waals surface area contributed by atoms with Crippen LogP contribution in [0.5, 0.6) is 0 Å². The summed E-state index contributed by atoms with van der Waals surface area (Å²) in [6, 6.07) is 12.6. The van der Waals surface area contributed by atoms with Gasteiger partial charge in [0.1, 0.15) is 0 Å². The molecule has 2 rings (SSSR count). The first-order valence-electron chi connectivity index (χ1n) is 5.75. The van der Waals surface area contributed by atoms with Crippen LogP contribution in [-0.2, 0) is 0 Å². The summed E-state index contributed by atoms with van der Waals surface area (Å²) in [6.07, 6.45) is 5.35. The molecule has 19 heavy (non-hydrogen) atoms. The molecule has 0 spiro atoms. The Morgan fingerprint density at radius 1 is 1.26 bits per heavy atom. The molecular formula is C15H12N3O-. The second-order valence-corrected chi connectivity index (χ2v) is 3.97. The van der Waals surface area contributed by atoms with E-state index in [2.05, 4.69) is 4.98 Å². The third kappa shape index (κ3) is 3.18. The van der Waals surface area contributed by atoms with E-state index < -0.39 is 0 Å². The Bertz CT molecular complexity index is 628. The number of anilines is 1. The first-order chi connectivity index (χ1) is 9.20. The van der Waals surface area contributed by atoms with Gasteiger partial charge in [0.05, 0.1) is 17.3 Å². The summed E-state index contributed by atoms with van der Waals surface area (Å²) in [4.78, 5) is 4.17. The van der Waals surface area contributed by atoms with E-state index >= 15 is 0 Å². The Labute approximate surface area is 111 Å². The van der Waals surface area contributed by atoms with Gasteiger partial charge in [-0.1, -0.05) is 18.2 Å². The fraction of sp³-hybridized carbons (Fsp3) is 0.0667. The molecule has 0 aliphatic rings. The van der Waals surface area contributed by atoms with Gasteiger partial charge in [-0.15, -0.1) is 0 Å². The van der Waals surface area contributed by atoms with E-state index in [0.717, 1.165) is 16.3 Å². The van der Waals surface area contributed by atoms with Gasteiger partial charge in [0.15, 0.2) is 0 Å². The van der Waals surface area contributed by atoms with Crippen LogP contribution in [0.1, 0.15) is 16.8 Å². The number of benzene rings is 1. The summed E-state index contributed by atoms with van der Waals surface area (Å²) >= 11 is 0. The molecule has 2 aromatic rings. The van der Waals surface area contributed by atoms with Crippen LogP contribution < -0.4 is 5.06 Å². The standard InChI is InChI=1S/C15H12N3O/c1-18(19)15-10-12(11-16)5-6-13(15)7-8-14-4-2-3-9-17-14/h2-10H,1H3/q-1/b8-7+. The van der Waals surface area contributed by atoms with Crippen molar-refractivity contribution in [2.75, 3.05) is 12.1 Å². The molecule has 1 heterocycles. The molecule has 0 aliphatic heterocycles. The average Bonchev–Trinajstić information content (AvgIpc) is 2.46. The SMILES string of the molecule is CN([O-])c1cc(C#N)ccc1/C=C/c1ccccn1. The van der Waals surface area contributed by atoms with Crippen molar-refractivity contribution >= 4 is 17.8 Å². The maximum Gasteiger partial charge on any atom is 0.0992 e. The highest BCUT2D eigenvalue weighted by atomic mass is 16.5. The second kappa shape index (κ2) is 5.80. The topological polar surface area (TPSA) is 63.0 Å². The summed E-state index contributed by atoms with van der Waals surface area (Å²) in [5.74, 6) is 0. The van der Waals surface area contributed by atoms with E-state index in [1.807, 2.05) is 36.4 Å². The van der Waals surface area contributed by atoms with Crippen molar-refractivity contribution in [2.24, 2.45) is 0 Å². The number of nitriles is 1. The molecule has 0 fully saturated rings. The minimum atomic E-state index is 0.464. The molecule has 4 nitrogen and oxygen atoms in total. The van der Waals surface area contributed by atoms with E-state index in [-0.39, 0.29) is 0 Å². The third-order valence-electron chi connectivity index (χ3n) is 2.62. The normalized spacial score (nSPS) is 10.4. The van der Waals surface area contributed by atoms with Gasteiger partial charge in [0, 0.05) is 11.9 Å². The smallest absolute Gasteiger partial charge is 0.0992 e. The zero-order valence-electron chi connectivity index (χ0n) is 10.4. The molecular weight excluding hydrogens is 238 g/mol. The molecule has 0 atom stereocenters. The maximum atomic E-state index is 11.5. The van der Waals surface area contributed by atoms with Crippen molar-refractivity contribution < 1.29 is 0 Å². The van der Waals surface area contributed by atoms with E-state index in [1.165, 1.54) is 7.05 Å². The Balaban J connectivity index is 2.35. The molecule has 0 N–H and O–H groups in total. The summed E-state index contributed by atoms with van der Waals surface area (Å²) in [5.41, 5.74) is 2.49. The molecule has 0 bridgehead atoms. The molecule has 0 amide bonds. The summed E-state index contributed by atoms with van der Waals surface area (Å²) in [5, 5.41) is 21.1. The summed E-state index contributed by atoms with van der Waals surface area (Å²) in [7, 11) is 1.41. The largest absolute Gasteiger partial charge is 0.758 e. The van der Waals surface area contributed by atoms with Gasteiger partial charge in [0.25, 0.3) is 0 Å². The van der Waals surface area contributed by atoms with Crippen molar-refractivity contribution in [3.05, 3.63) is 64.6 Å². The maximum absolute atomic E-state index is 11.5. The second-order valence-electron chi connectivity index (χ2n) is 3.97. The number of hydroxylamine groups is 1. The number of hydrogen-bond acceptors (Lipinski definition) is 4. The Hall–Kier alpha value is -2.64. The quantitative estimate of drug-likeness (QED) is 0.785. The van der Waals surface area contributed by atoms with Crippen molar-refractivity contribution in [1.82, 2.24) is 4.98 Å². The number of aromatic nitrogens is 1. The predicted molar refractivity (Wildman–Crippen MR) is 76.1 cm³/mol. The van der Waals surface area contributed by atoms with E-state index in [9.17, 15) is 5.21 Å². The van der Waals surface area contributed by atoms with Crippen molar-refractivity contribution in [3.8, 4) is 6.07 Å². The summed E-state index contributed by atoms with van der Waals surface area (Å²) in [6.45, 7) is 0. The first-order valence-corrected chi connectivity index (χ1v) is 5.75. The lowest BCUT2D eigenvalue weighted by Gasteiger charge is -2.26. The van der Waals surface area contributed by atoms with Crippen molar-refractivity contribution in [3.63, 3.8) is 0 Å². The Morgan fingerprint density at radius 3 is 2.74 bits per heavy atom. The van der Waals surface area contributed by atoms with Crippen LogP contribution in [0.4, 0.5) is 5.69 Å². The van der Waals surface area contributed by atoms with E-state index in [1.54, 1.807) is 24.4 Å².